The van der Waals surface area contributed by atoms with Gasteiger partial charge in [0.2, 0.25) is 0 Å². The summed E-state index contributed by atoms with van der Waals surface area (Å²) in [5.74, 6) is 0.816. The van der Waals surface area contributed by atoms with E-state index in [0.717, 1.165) is 30.7 Å². The van der Waals surface area contributed by atoms with Gasteiger partial charge in [-0.05, 0) is 38.0 Å². The van der Waals surface area contributed by atoms with E-state index in [2.05, 4.69) is 12.2 Å². The van der Waals surface area contributed by atoms with Crippen LogP contribution in [-0.4, -0.2) is 31.6 Å². The third-order valence-corrected chi connectivity index (χ3v) is 3.42. The Morgan fingerprint density at radius 3 is 2.40 bits per heavy atom. The third-order valence-electron chi connectivity index (χ3n) is 3.42. The fourth-order valence-corrected chi connectivity index (χ4v) is 1.94. The van der Waals surface area contributed by atoms with Gasteiger partial charge < -0.3 is 15.0 Å². The molecule has 0 unspecified atom stereocenters. The number of rotatable bonds is 6. The molecule has 0 aliphatic heterocycles. The molecule has 4 heteroatoms. The van der Waals surface area contributed by atoms with Gasteiger partial charge in [-0.3, -0.25) is 0 Å². The standard InChI is InChI=1S/C16H26N2O2/c1-6-7-12-18(4)15(19)17-16(2,3)13-8-10-14(20-5)11-9-13/h8-11H,6-7,12H2,1-5H3,(H,17,19). The highest BCUT2D eigenvalue weighted by atomic mass is 16.5. The normalized spacial score (nSPS) is 11.1. The maximum atomic E-state index is 12.2. The number of nitrogens with zero attached hydrogens (tertiary/aromatic N) is 1. The van der Waals surface area contributed by atoms with Crippen LogP contribution in [0, 0.1) is 0 Å². The molecule has 0 spiro atoms. The van der Waals surface area contributed by atoms with E-state index in [0.29, 0.717) is 0 Å². The van der Waals surface area contributed by atoms with Crippen LogP contribution in [-0.2, 0) is 5.54 Å². The van der Waals surface area contributed by atoms with E-state index in [1.807, 2.05) is 45.2 Å². The molecule has 1 rings (SSSR count). The van der Waals surface area contributed by atoms with Crippen molar-refractivity contribution < 1.29 is 9.53 Å². The molecule has 1 aromatic carbocycles. The van der Waals surface area contributed by atoms with Gasteiger partial charge in [0, 0.05) is 13.6 Å². The average Bonchev–Trinajstić information content (AvgIpc) is 2.44. The number of amides is 2. The molecule has 0 aliphatic rings. The van der Waals surface area contributed by atoms with Crippen molar-refractivity contribution in [3.8, 4) is 5.75 Å². The zero-order valence-electron chi connectivity index (χ0n) is 13.2. The quantitative estimate of drug-likeness (QED) is 0.866. The molecule has 0 saturated heterocycles. The second-order valence-electron chi connectivity index (χ2n) is 5.56. The molecule has 20 heavy (non-hydrogen) atoms. The SMILES string of the molecule is CCCCN(C)C(=O)NC(C)(C)c1ccc(OC)cc1. The summed E-state index contributed by atoms with van der Waals surface area (Å²) in [6.45, 7) is 6.90. The van der Waals surface area contributed by atoms with Crippen LogP contribution in [0.25, 0.3) is 0 Å². The van der Waals surface area contributed by atoms with Crippen molar-refractivity contribution in [1.82, 2.24) is 10.2 Å². The van der Waals surface area contributed by atoms with Gasteiger partial charge in [-0.1, -0.05) is 25.5 Å². The lowest BCUT2D eigenvalue weighted by atomic mass is 9.94. The molecule has 0 heterocycles. The number of hydrogen-bond donors (Lipinski definition) is 1. The first-order valence-corrected chi connectivity index (χ1v) is 7.08. The van der Waals surface area contributed by atoms with Crippen LogP contribution in [0.2, 0.25) is 0 Å². The fourth-order valence-electron chi connectivity index (χ4n) is 1.94. The van der Waals surface area contributed by atoms with Crippen molar-refractivity contribution in [3.63, 3.8) is 0 Å². The van der Waals surface area contributed by atoms with E-state index in [-0.39, 0.29) is 6.03 Å². The molecule has 4 nitrogen and oxygen atoms in total. The molecular weight excluding hydrogens is 252 g/mol. The number of carbonyl (C=O) groups is 1. The minimum absolute atomic E-state index is 0.0423. The first-order valence-electron chi connectivity index (χ1n) is 7.08. The van der Waals surface area contributed by atoms with Gasteiger partial charge in [0.15, 0.2) is 0 Å². The molecule has 0 bridgehead atoms. The molecule has 2 amide bonds. The predicted octanol–water partition coefficient (Wildman–Crippen LogP) is 3.37. The largest absolute Gasteiger partial charge is 0.497 e. The Balaban J connectivity index is 2.69. The van der Waals surface area contributed by atoms with Crippen LogP contribution in [0.1, 0.15) is 39.2 Å². The van der Waals surface area contributed by atoms with Gasteiger partial charge in [-0.25, -0.2) is 4.79 Å². The maximum Gasteiger partial charge on any atom is 0.317 e. The first-order chi connectivity index (χ1) is 9.40. The van der Waals surface area contributed by atoms with Crippen molar-refractivity contribution in [2.45, 2.75) is 39.2 Å². The number of benzene rings is 1. The summed E-state index contributed by atoms with van der Waals surface area (Å²) in [6, 6.07) is 7.73. The van der Waals surface area contributed by atoms with Crippen molar-refractivity contribution in [2.75, 3.05) is 20.7 Å². The number of carbonyl (C=O) groups excluding carboxylic acids is 1. The summed E-state index contributed by atoms with van der Waals surface area (Å²) in [5.41, 5.74) is 0.639. The van der Waals surface area contributed by atoms with E-state index in [4.69, 9.17) is 4.74 Å². The van der Waals surface area contributed by atoms with E-state index in [1.54, 1.807) is 12.0 Å². The minimum Gasteiger partial charge on any atom is -0.497 e. The predicted molar refractivity (Wildman–Crippen MR) is 82.1 cm³/mol. The van der Waals surface area contributed by atoms with E-state index in [1.165, 1.54) is 0 Å². The van der Waals surface area contributed by atoms with Crippen molar-refractivity contribution >= 4 is 6.03 Å². The topological polar surface area (TPSA) is 41.6 Å². The molecule has 0 aromatic heterocycles. The summed E-state index contributed by atoms with van der Waals surface area (Å²) >= 11 is 0. The van der Waals surface area contributed by atoms with Gasteiger partial charge in [0.1, 0.15) is 5.75 Å². The van der Waals surface area contributed by atoms with Crippen LogP contribution >= 0.6 is 0 Å². The first kappa shape index (κ1) is 16.3. The zero-order valence-corrected chi connectivity index (χ0v) is 13.2. The second kappa shape index (κ2) is 7.17. The maximum absolute atomic E-state index is 12.2. The Bertz CT molecular complexity index is 427. The van der Waals surface area contributed by atoms with Gasteiger partial charge in [0.25, 0.3) is 0 Å². The van der Waals surface area contributed by atoms with Gasteiger partial charge in [0.05, 0.1) is 12.6 Å². The highest BCUT2D eigenvalue weighted by Crippen LogP contribution is 2.22. The van der Waals surface area contributed by atoms with Crippen LogP contribution in [0.5, 0.6) is 5.75 Å². The Kier molecular flexibility index (Phi) is 5.86. The lowest BCUT2D eigenvalue weighted by Gasteiger charge is -2.30. The molecule has 112 valence electrons. The number of unbranched alkanes of at least 4 members (excludes halogenated alkanes) is 1. The number of ether oxygens (including phenoxy) is 1. The highest BCUT2D eigenvalue weighted by molar-refractivity contribution is 5.75. The molecule has 0 aliphatic carbocycles. The Hall–Kier alpha value is -1.71. The van der Waals surface area contributed by atoms with E-state index in [9.17, 15) is 4.79 Å². The molecule has 1 aromatic rings. The Labute approximate surface area is 122 Å². The number of urea groups is 1. The number of methoxy groups -OCH3 is 1. The van der Waals surface area contributed by atoms with Crippen LogP contribution in [0.4, 0.5) is 4.79 Å². The lowest BCUT2D eigenvalue weighted by molar-refractivity contribution is 0.196. The molecule has 0 fully saturated rings. The third kappa shape index (κ3) is 4.44. The molecule has 0 saturated carbocycles. The van der Waals surface area contributed by atoms with Crippen LogP contribution in [0.3, 0.4) is 0 Å². The summed E-state index contributed by atoms with van der Waals surface area (Å²) in [5, 5.41) is 3.06. The zero-order chi connectivity index (χ0) is 15.2. The molecule has 0 radical (unpaired) electrons. The number of nitrogens with one attached hydrogen (secondary N) is 1. The lowest BCUT2D eigenvalue weighted by Crippen LogP contribution is -2.47. The van der Waals surface area contributed by atoms with Crippen molar-refractivity contribution in [2.24, 2.45) is 0 Å². The monoisotopic (exact) mass is 278 g/mol. The molecular formula is C16H26N2O2. The van der Waals surface area contributed by atoms with Gasteiger partial charge >= 0.3 is 6.03 Å². The van der Waals surface area contributed by atoms with E-state index < -0.39 is 5.54 Å². The van der Waals surface area contributed by atoms with E-state index >= 15 is 0 Å². The summed E-state index contributed by atoms with van der Waals surface area (Å²) in [6.07, 6.45) is 2.10. The fraction of sp³-hybridized carbons (Fsp3) is 0.562. The second-order valence-corrected chi connectivity index (χ2v) is 5.56. The average molecular weight is 278 g/mol. The molecule has 0 atom stereocenters. The summed E-state index contributed by atoms with van der Waals surface area (Å²) in [4.78, 5) is 13.9. The summed E-state index contributed by atoms with van der Waals surface area (Å²) in [7, 11) is 3.47. The van der Waals surface area contributed by atoms with Gasteiger partial charge in [-0.15, -0.1) is 0 Å². The minimum atomic E-state index is -0.413. The smallest absolute Gasteiger partial charge is 0.317 e. The van der Waals surface area contributed by atoms with Crippen LogP contribution in [0.15, 0.2) is 24.3 Å². The Morgan fingerprint density at radius 1 is 1.30 bits per heavy atom. The Morgan fingerprint density at radius 2 is 1.90 bits per heavy atom. The van der Waals surface area contributed by atoms with Crippen molar-refractivity contribution in [1.29, 1.82) is 0 Å². The molecule has 1 N–H and O–H groups in total. The number of hydrogen-bond acceptors (Lipinski definition) is 2. The highest BCUT2D eigenvalue weighted by Gasteiger charge is 2.24. The van der Waals surface area contributed by atoms with Gasteiger partial charge in [-0.2, -0.15) is 0 Å². The summed E-state index contributed by atoms with van der Waals surface area (Å²) < 4.78 is 5.15. The van der Waals surface area contributed by atoms with Crippen LogP contribution < -0.4 is 10.1 Å². The van der Waals surface area contributed by atoms with Crippen molar-refractivity contribution in [3.05, 3.63) is 29.8 Å².